The molecule has 63 heavy (non-hydrogen) atoms. The fourth-order valence-corrected chi connectivity index (χ4v) is 7.31. The second-order valence-electron chi connectivity index (χ2n) is 15.7. The van der Waals surface area contributed by atoms with E-state index in [0.717, 1.165) is 30.7 Å². The molecule has 0 saturated carbocycles. The number of pyridine rings is 2. The van der Waals surface area contributed by atoms with Crippen molar-refractivity contribution in [3.05, 3.63) is 113 Å². The summed E-state index contributed by atoms with van der Waals surface area (Å²) >= 11 is 12.8. The van der Waals surface area contributed by atoms with Gasteiger partial charge in [-0.05, 0) is 106 Å². The number of nitrogens with two attached hydrogens (primary N) is 2. The van der Waals surface area contributed by atoms with Gasteiger partial charge in [-0.1, -0.05) is 29.3 Å². The zero-order chi connectivity index (χ0) is 44.3. The lowest BCUT2D eigenvalue weighted by Gasteiger charge is -2.19. The topological polar surface area (TPSA) is 261 Å². The molecule has 19 heteroatoms. The summed E-state index contributed by atoms with van der Waals surface area (Å²) in [5.41, 5.74) is 18.1. The number of benzene rings is 2. The number of aromatic nitrogens is 6. The van der Waals surface area contributed by atoms with Gasteiger partial charge in [-0.25, -0.2) is 19.9 Å². The molecule has 10 N–H and O–H groups in total. The highest BCUT2D eigenvalue weighted by molar-refractivity contribution is 6.33. The number of aromatic amines is 2. The molecule has 0 spiro atoms. The van der Waals surface area contributed by atoms with E-state index in [1.165, 1.54) is 12.5 Å². The van der Waals surface area contributed by atoms with Gasteiger partial charge in [0.05, 0.1) is 57.4 Å². The van der Waals surface area contributed by atoms with Crippen LogP contribution in [0.5, 0.6) is 0 Å². The van der Waals surface area contributed by atoms with Crippen molar-refractivity contribution in [2.45, 2.75) is 32.2 Å². The van der Waals surface area contributed by atoms with Crippen LogP contribution in [0.1, 0.15) is 47.8 Å². The molecule has 9 rings (SSSR count). The maximum atomic E-state index is 12.4. The highest BCUT2D eigenvalue weighted by Gasteiger charge is 2.20. The van der Waals surface area contributed by atoms with Crippen LogP contribution in [0.3, 0.4) is 0 Å². The summed E-state index contributed by atoms with van der Waals surface area (Å²) in [4.78, 5) is 60.5. The van der Waals surface area contributed by atoms with E-state index in [-0.39, 0.29) is 28.9 Å². The first kappa shape index (κ1) is 42.6. The second kappa shape index (κ2) is 18.1. The van der Waals surface area contributed by atoms with Crippen LogP contribution >= 0.6 is 23.2 Å². The number of imidazole rings is 2. The van der Waals surface area contributed by atoms with Crippen molar-refractivity contribution in [1.29, 1.82) is 0 Å². The molecule has 7 heterocycles. The molecule has 1 aliphatic heterocycles. The Hall–Kier alpha value is -7.05. The average Bonchev–Trinajstić information content (AvgIpc) is 4.11. The number of hydrogen-bond donors (Lipinski definition) is 8. The zero-order valence-electron chi connectivity index (χ0n) is 34.0. The van der Waals surface area contributed by atoms with Crippen molar-refractivity contribution in [1.82, 2.24) is 35.2 Å². The number of H-pyrrole nitrogens is 2. The number of hydrogen-bond acceptors (Lipinski definition) is 12. The van der Waals surface area contributed by atoms with Crippen LogP contribution in [0.4, 0.5) is 17.1 Å². The zero-order valence-corrected chi connectivity index (χ0v) is 35.5. The number of carbonyl (C=O) groups is 3. The first-order chi connectivity index (χ1) is 30.3. The number of rotatable bonds is 12. The van der Waals surface area contributed by atoms with Gasteiger partial charge >= 0.3 is 0 Å². The molecule has 1 fully saturated rings. The lowest BCUT2D eigenvalue weighted by atomic mass is 10.0. The molecule has 1 aliphatic rings. The van der Waals surface area contributed by atoms with E-state index in [2.05, 4.69) is 51.2 Å². The van der Waals surface area contributed by atoms with Crippen LogP contribution in [-0.2, 0) is 4.79 Å². The van der Waals surface area contributed by atoms with Gasteiger partial charge in [0.1, 0.15) is 11.6 Å². The van der Waals surface area contributed by atoms with Gasteiger partial charge in [0.15, 0.2) is 22.8 Å². The molecular weight excluding hydrogens is 847 g/mol. The molecule has 0 unspecified atom stereocenters. The van der Waals surface area contributed by atoms with Gasteiger partial charge in [-0.2, -0.15) is 0 Å². The normalized spacial score (nSPS) is 13.8. The van der Waals surface area contributed by atoms with Crippen LogP contribution < -0.4 is 32.7 Å². The van der Waals surface area contributed by atoms with Crippen LogP contribution in [0.2, 0.25) is 10.0 Å². The minimum absolute atomic E-state index is 0.0364. The Labute approximate surface area is 369 Å². The first-order valence-corrected chi connectivity index (χ1v) is 20.6. The second-order valence-corrected chi connectivity index (χ2v) is 16.5. The van der Waals surface area contributed by atoms with Gasteiger partial charge < -0.3 is 51.5 Å². The summed E-state index contributed by atoms with van der Waals surface area (Å²) < 4.78 is 10.3. The van der Waals surface area contributed by atoms with Crippen molar-refractivity contribution in [3.8, 4) is 33.9 Å². The number of halogens is 2. The molecule has 0 aliphatic carbocycles. The van der Waals surface area contributed by atoms with Crippen molar-refractivity contribution in [2.75, 3.05) is 35.6 Å². The molecule has 1 saturated heterocycles. The number of furan rings is 2. The number of anilines is 3. The molecular formula is C44H42Cl2N12O5. The fourth-order valence-electron chi connectivity index (χ4n) is 6.90. The summed E-state index contributed by atoms with van der Waals surface area (Å²) in [5, 5.41) is 13.2. The number of carbonyl (C=O) groups excluding carboxylic acids is 3. The third-order valence-electron chi connectivity index (χ3n) is 9.99. The first-order valence-electron chi connectivity index (χ1n) is 19.8. The summed E-state index contributed by atoms with van der Waals surface area (Å²) in [6, 6.07) is 19.1. The Bertz CT molecular complexity index is 2950. The van der Waals surface area contributed by atoms with Gasteiger partial charge in [0.25, 0.3) is 11.8 Å². The van der Waals surface area contributed by atoms with E-state index in [1.807, 2.05) is 19.9 Å². The molecule has 17 nitrogen and oxygen atoms in total. The lowest BCUT2D eigenvalue weighted by molar-refractivity contribution is -0.117. The molecule has 2 aromatic carbocycles. The van der Waals surface area contributed by atoms with Crippen LogP contribution in [0.25, 0.3) is 56.2 Å². The predicted molar refractivity (Wildman–Crippen MR) is 243 cm³/mol. The smallest absolute Gasteiger partial charge is 0.291 e. The lowest BCUT2D eigenvalue weighted by Crippen LogP contribution is -2.39. The Morgan fingerprint density at radius 1 is 0.810 bits per heavy atom. The molecule has 3 amide bonds. The Kier molecular flexibility index (Phi) is 12.3. The summed E-state index contributed by atoms with van der Waals surface area (Å²) in [5.74, 6) is 0.674. The number of amides is 3. The van der Waals surface area contributed by atoms with Gasteiger partial charge in [-0.15, -0.1) is 0 Å². The van der Waals surface area contributed by atoms with Crippen molar-refractivity contribution in [3.63, 3.8) is 0 Å². The van der Waals surface area contributed by atoms with Gasteiger partial charge in [0.2, 0.25) is 5.91 Å². The third-order valence-corrected chi connectivity index (χ3v) is 10.6. The van der Waals surface area contributed by atoms with E-state index in [1.54, 1.807) is 73.1 Å². The van der Waals surface area contributed by atoms with Crippen molar-refractivity contribution >= 4 is 80.3 Å². The number of nitrogens with one attached hydrogen (secondary N) is 6. The maximum Gasteiger partial charge on any atom is 0.291 e. The van der Waals surface area contributed by atoms with E-state index < -0.39 is 5.91 Å². The van der Waals surface area contributed by atoms with E-state index >= 15 is 0 Å². The Balaban J connectivity index is 0.000000174. The molecule has 6 aromatic heterocycles. The maximum absolute atomic E-state index is 12.4. The monoisotopic (exact) mass is 888 g/mol. The standard InChI is InChI=1S/C23H21ClN6O3.C21H21ClN6O2/c24-17-2-1-13(15-4-6-33-20(15)21(25)32)8-16(17)22-29-18-9-14(11-27-23(18)30-22)28-19(31)7-12-3-5-26-10-12;1-21(2,23)11-25-13-9-16-19(24-10-13)28-18(27-16)14-8-12(5-6-15(14)22)26-20(29)17-4-3-7-30-17/h1-2,4,6,8-9,11-12,26H,3,5,7,10H2,(H2,25,32)(H,28,31)(H,27,29,30);3-10,25H,11,23H2,1-2H3,(H,26,29)(H,24,27,28)/t12-;/m0./s1. The van der Waals surface area contributed by atoms with Crippen LogP contribution in [0, 0.1) is 5.92 Å². The highest BCUT2D eigenvalue weighted by atomic mass is 35.5. The van der Waals surface area contributed by atoms with Gasteiger partial charge in [-0.3, -0.25) is 14.4 Å². The van der Waals surface area contributed by atoms with Crippen molar-refractivity contribution in [2.24, 2.45) is 17.4 Å². The van der Waals surface area contributed by atoms with Gasteiger partial charge in [0, 0.05) is 40.9 Å². The fraction of sp³-hybridized carbons (Fsp3) is 0.205. The minimum atomic E-state index is -0.654. The molecule has 8 aromatic rings. The summed E-state index contributed by atoms with van der Waals surface area (Å²) in [7, 11) is 0. The summed E-state index contributed by atoms with van der Waals surface area (Å²) in [6.07, 6.45) is 7.63. The largest absolute Gasteiger partial charge is 0.459 e. The SMILES string of the molecule is CC(C)(N)CNc1cnc2nc(-c3cc(NC(=O)c4ccco4)ccc3Cl)[nH]c2c1.NC(=O)c1occc1-c1ccc(Cl)c(-c2nc3ncc(NC(=O)C[C@@H]4CCNC4)cc3[nH]2)c1. The van der Waals surface area contributed by atoms with E-state index in [9.17, 15) is 14.4 Å². The quantitative estimate of drug-likeness (QED) is 0.0583. The predicted octanol–water partition coefficient (Wildman–Crippen LogP) is 7.85. The van der Waals surface area contributed by atoms with Crippen molar-refractivity contribution < 1.29 is 23.2 Å². The highest BCUT2D eigenvalue weighted by Crippen LogP contribution is 2.35. The molecule has 0 bridgehead atoms. The Morgan fingerprint density at radius 3 is 2.14 bits per heavy atom. The summed E-state index contributed by atoms with van der Waals surface area (Å²) in [6.45, 7) is 6.31. The molecule has 1 atom stereocenters. The van der Waals surface area contributed by atoms with Crippen LogP contribution in [0.15, 0.2) is 100 Å². The minimum Gasteiger partial charge on any atom is -0.459 e. The van der Waals surface area contributed by atoms with Crippen LogP contribution in [-0.4, -0.2) is 72.8 Å². The molecule has 0 radical (unpaired) electrons. The molecule has 322 valence electrons. The number of fused-ring (bicyclic) bond motifs is 2. The number of primary amides is 1. The third kappa shape index (κ3) is 10.2. The van der Waals surface area contributed by atoms with E-state index in [4.69, 9.17) is 43.5 Å². The Morgan fingerprint density at radius 2 is 1.49 bits per heavy atom. The number of nitrogens with zero attached hydrogens (tertiary/aromatic N) is 4. The van der Waals surface area contributed by atoms with E-state index in [0.29, 0.717) is 91.0 Å². The average molecular weight is 890 g/mol.